The smallest absolute Gasteiger partial charge is 0.349 e. The van der Waals surface area contributed by atoms with Gasteiger partial charge in [-0.15, -0.1) is 0 Å². The zero-order valence-electron chi connectivity index (χ0n) is 11.9. The number of benzene rings is 1. The second-order valence-electron chi connectivity index (χ2n) is 5.37. The first-order valence-corrected chi connectivity index (χ1v) is 7.03. The van der Waals surface area contributed by atoms with Crippen LogP contribution in [0.1, 0.15) is 10.4 Å². The normalized spacial score (nSPS) is 17.0. The lowest BCUT2D eigenvalue weighted by Crippen LogP contribution is -3.12. The minimum absolute atomic E-state index is 0.0416. The van der Waals surface area contributed by atoms with Crippen molar-refractivity contribution in [3.63, 3.8) is 0 Å². The first kappa shape index (κ1) is 13.8. The Morgan fingerprint density at radius 1 is 1.29 bits per heavy atom. The van der Waals surface area contributed by atoms with E-state index in [0.717, 1.165) is 31.6 Å². The lowest BCUT2D eigenvalue weighted by Gasteiger charge is -2.29. The molecule has 6 heteroatoms. The molecule has 0 bridgehead atoms. The standard InChI is InChI=1S/C15H17N3O3/c1-17-6-8-18(9-7-17)16-14(19)12-10-11-4-2-3-5-13(11)21-15(12)20/h2-5,10H,6-9H2,1H3,(H,16,19)/p+1. The highest BCUT2D eigenvalue weighted by molar-refractivity contribution is 5.96. The number of hydrogen-bond donors (Lipinski definition) is 2. The van der Waals surface area contributed by atoms with Crippen LogP contribution < -0.4 is 16.0 Å². The number of nitrogens with one attached hydrogen (secondary N) is 2. The summed E-state index contributed by atoms with van der Waals surface area (Å²) < 4.78 is 5.18. The van der Waals surface area contributed by atoms with Crippen molar-refractivity contribution in [1.82, 2.24) is 10.4 Å². The first-order chi connectivity index (χ1) is 10.1. The highest BCUT2D eigenvalue weighted by Gasteiger charge is 2.21. The fourth-order valence-corrected chi connectivity index (χ4v) is 2.42. The third-order valence-electron chi connectivity index (χ3n) is 3.76. The van der Waals surface area contributed by atoms with Crippen molar-refractivity contribution in [2.45, 2.75) is 0 Å². The Morgan fingerprint density at radius 2 is 2.00 bits per heavy atom. The molecule has 1 fully saturated rings. The SMILES string of the molecule is C[NH+]1CCN(NC(=O)c2cc3ccccc3oc2=O)CC1. The molecule has 2 heterocycles. The number of likely N-dealkylation sites (N-methyl/N-ethyl adjacent to an activating group) is 1. The minimum Gasteiger partial charge on any atom is -0.422 e. The van der Waals surface area contributed by atoms with E-state index in [-0.39, 0.29) is 5.56 Å². The monoisotopic (exact) mass is 288 g/mol. The van der Waals surface area contributed by atoms with Gasteiger partial charge in [0.05, 0.1) is 33.2 Å². The fraction of sp³-hybridized carbons (Fsp3) is 0.333. The second-order valence-corrected chi connectivity index (χ2v) is 5.37. The van der Waals surface area contributed by atoms with Gasteiger partial charge in [0.2, 0.25) is 0 Å². The van der Waals surface area contributed by atoms with Gasteiger partial charge in [0.15, 0.2) is 0 Å². The van der Waals surface area contributed by atoms with Crippen molar-refractivity contribution in [2.75, 3.05) is 33.2 Å². The average molecular weight is 288 g/mol. The van der Waals surface area contributed by atoms with Crippen LogP contribution in [0.4, 0.5) is 0 Å². The number of carbonyl (C=O) groups is 1. The number of hydrogen-bond acceptors (Lipinski definition) is 4. The van der Waals surface area contributed by atoms with Gasteiger partial charge in [0.25, 0.3) is 5.91 Å². The number of hydrazine groups is 1. The lowest BCUT2D eigenvalue weighted by atomic mass is 10.2. The Balaban J connectivity index is 1.81. The lowest BCUT2D eigenvalue weighted by molar-refractivity contribution is -0.884. The van der Waals surface area contributed by atoms with Gasteiger partial charge < -0.3 is 9.32 Å². The van der Waals surface area contributed by atoms with Gasteiger partial charge in [0.1, 0.15) is 11.1 Å². The van der Waals surface area contributed by atoms with Crippen LogP contribution in [0.5, 0.6) is 0 Å². The van der Waals surface area contributed by atoms with Crippen molar-refractivity contribution in [1.29, 1.82) is 0 Å². The Kier molecular flexibility index (Phi) is 3.72. The van der Waals surface area contributed by atoms with E-state index >= 15 is 0 Å². The maximum atomic E-state index is 12.2. The number of nitrogens with zero attached hydrogens (tertiary/aromatic N) is 1. The van der Waals surface area contributed by atoms with Crippen LogP contribution in [-0.2, 0) is 0 Å². The molecule has 3 rings (SSSR count). The van der Waals surface area contributed by atoms with Crippen LogP contribution >= 0.6 is 0 Å². The number of quaternary nitrogens is 1. The summed E-state index contributed by atoms with van der Waals surface area (Å²) in [6.45, 7) is 3.48. The van der Waals surface area contributed by atoms with Crippen molar-refractivity contribution >= 4 is 16.9 Å². The molecule has 0 spiro atoms. The zero-order valence-corrected chi connectivity index (χ0v) is 11.9. The predicted molar refractivity (Wildman–Crippen MR) is 78.1 cm³/mol. The van der Waals surface area contributed by atoms with E-state index in [1.807, 2.05) is 17.1 Å². The highest BCUT2D eigenvalue weighted by Crippen LogP contribution is 2.12. The third-order valence-corrected chi connectivity index (χ3v) is 3.76. The molecule has 0 unspecified atom stereocenters. The van der Waals surface area contributed by atoms with Gasteiger partial charge in [-0.2, -0.15) is 0 Å². The molecule has 1 aliphatic heterocycles. The van der Waals surface area contributed by atoms with E-state index in [2.05, 4.69) is 12.5 Å². The summed E-state index contributed by atoms with van der Waals surface area (Å²) in [4.78, 5) is 25.6. The minimum atomic E-state index is -0.606. The van der Waals surface area contributed by atoms with Crippen LogP contribution in [0.15, 0.2) is 39.5 Å². The number of carbonyl (C=O) groups excluding carboxylic acids is 1. The van der Waals surface area contributed by atoms with Crippen LogP contribution in [0.3, 0.4) is 0 Å². The Labute approximate surface area is 121 Å². The molecule has 1 aromatic heterocycles. The molecule has 6 nitrogen and oxygen atoms in total. The molecule has 1 amide bonds. The van der Waals surface area contributed by atoms with E-state index in [9.17, 15) is 9.59 Å². The van der Waals surface area contributed by atoms with Crippen LogP contribution in [-0.4, -0.2) is 44.1 Å². The molecule has 2 N–H and O–H groups in total. The van der Waals surface area contributed by atoms with E-state index in [0.29, 0.717) is 5.58 Å². The van der Waals surface area contributed by atoms with E-state index in [1.54, 1.807) is 18.2 Å². The summed E-state index contributed by atoms with van der Waals surface area (Å²) >= 11 is 0. The summed E-state index contributed by atoms with van der Waals surface area (Å²) in [5.74, 6) is -0.408. The average Bonchev–Trinajstić information content (AvgIpc) is 2.49. The molecule has 2 aromatic rings. The number of rotatable bonds is 2. The second kappa shape index (κ2) is 5.67. The summed E-state index contributed by atoms with van der Waals surface area (Å²) in [6.07, 6.45) is 0. The zero-order chi connectivity index (χ0) is 14.8. The molecule has 1 aliphatic rings. The Hall–Kier alpha value is -2.18. The van der Waals surface area contributed by atoms with Gasteiger partial charge in [-0.25, -0.2) is 9.80 Å². The van der Waals surface area contributed by atoms with Gasteiger partial charge in [-0.3, -0.25) is 10.2 Å². The number of para-hydroxylation sites is 1. The van der Waals surface area contributed by atoms with Crippen LogP contribution in [0.2, 0.25) is 0 Å². The Bertz CT molecular complexity index is 717. The summed E-state index contributed by atoms with van der Waals surface area (Å²) in [7, 11) is 2.12. The predicted octanol–water partition coefficient (Wildman–Crippen LogP) is -0.732. The van der Waals surface area contributed by atoms with Crippen molar-refractivity contribution in [2.24, 2.45) is 0 Å². The number of fused-ring (bicyclic) bond motifs is 1. The highest BCUT2D eigenvalue weighted by atomic mass is 16.4. The molecular formula is C15H18N3O3+. The molecule has 0 atom stereocenters. The number of piperazine rings is 1. The van der Waals surface area contributed by atoms with Crippen molar-refractivity contribution in [3.8, 4) is 0 Å². The summed E-state index contributed by atoms with van der Waals surface area (Å²) in [5, 5.41) is 2.59. The van der Waals surface area contributed by atoms with E-state index in [1.165, 1.54) is 4.90 Å². The molecule has 0 radical (unpaired) electrons. The number of amides is 1. The Morgan fingerprint density at radius 3 is 2.76 bits per heavy atom. The van der Waals surface area contributed by atoms with Gasteiger partial charge in [0, 0.05) is 5.39 Å². The topological polar surface area (TPSA) is 67.0 Å². The van der Waals surface area contributed by atoms with E-state index < -0.39 is 11.5 Å². The van der Waals surface area contributed by atoms with Crippen molar-refractivity contribution in [3.05, 3.63) is 46.3 Å². The molecule has 0 aliphatic carbocycles. The molecule has 0 saturated carbocycles. The quantitative estimate of drug-likeness (QED) is 0.715. The molecule has 21 heavy (non-hydrogen) atoms. The van der Waals surface area contributed by atoms with Crippen LogP contribution in [0, 0.1) is 0 Å². The molecule has 1 aromatic carbocycles. The van der Waals surface area contributed by atoms with Crippen LogP contribution in [0.25, 0.3) is 11.0 Å². The molecule has 110 valence electrons. The third kappa shape index (κ3) is 2.96. The molecular weight excluding hydrogens is 270 g/mol. The maximum absolute atomic E-state index is 12.2. The largest absolute Gasteiger partial charge is 0.422 e. The van der Waals surface area contributed by atoms with E-state index in [4.69, 9.17) is 4.42 Å². The van der Waals surface area contributed by atoms with Gasteiger partial charge in [-0.1, -0.05) is 18.2 Å². The fourth-order valence-electron chi connectivity index (χ4n) is 2.42. The van der Waals surface area contributed by atoms with Gasteiger partial charge in [-0.05, 0) is 12.1 Å². The van der Waals surface area contributed by atoms with Gasteiger partial charge >= 0.3 is 5.63 Å². The van der Waals surface area contributed by atoms with Crippen molar-refractivity contribution < 1.29 is 14.1 Å². The molecule has 1 saturated heterocycles. The maximum Gasteiger partial charge on any atom is 0.349 e. The summed E-state index contributed by atoms with van der Waals surface area (Å²) in [6, 6.07) is 8.73. The summed E-state index contributed by atoms with van der Waals surface area (Å²) in [5.41, 5.74) is 2.71. The first-order valence-electron chi connectivity index (χ1n) is 7.03.